The molecule has 0 aliphatic carbocycles. The zero-order chi connectivity index (χ0) is 11.3. The largest absolute Gasteiger partial charge is 0.497 e. The van der Waals surface area contributed by atoms with Gasteiger partial charge in [-0.3, -0.25) is 0 Å². The summed E-state index contributed by atoms with van der Waals surface area (Å²) in [4.78, 5) is 0. The van der Waals surface area contributed by atoms with Crippen molar-refractivity contribution in [2.45, 2.75) is 32.7 Å². The fourth-order valence-electron chi connectivity index (χ4n) is 1.41. The summed E-state index contributed by atoms with van der Waals surface area (Å²) in [6, 6.07) is 8.23. The van der Waals surface area contributed by atoms with Gasteiger partial charge in [-0.25, -0.2) is 0 Å². The first kappa shape index (κ1) is 12.1. The first-order valence-corrected chi connectivity index (χ1v) is 5.39. The highest BCUT2D eigenvalue weighted by Gasteiger charge is 2.07. The fraction of sp³-hybridized carbons (Fsp3) is 0.538. The Hall–Kier alpha value is -1.02. The molecule has 0 aromatic heterocycles. The molecule has 2 heteroatoms. The van der Waals surface area contributed by atoms with E-state index in [2.05, 4.69) is 38.2 Å². The highest BCUT2D eigenvalue weighted by molar-refractivity contribution is 5.28. The van der Waals surface area contributed by atoms with Crippen molar-refractivity contribution < 1.29 is 4.74 Å². The molecule has 0 aliphatic heterocycles. The normalized spacial score (nSPS) is 11.5. The van der Waals surface area contributed by atoms with Crippen LogP contribution in [0.25, 0.3) is 0 Å². The monoisotopic (exact) mass is 207 g/mol. The molecule has 1 N–H and O–H groups in total. The summed E-state index contributed by atoms with van der Waals surface area (Å²) in [6.07, 6.45) is 1.04. The van der Waals surface area contributed by atoms with Gasteiger partial charge in [0.2, 0.25) is 0 Å². The molecule has 0 bridgehead atoms. The van der Waals surface area contributed by atoms with E-state index in [0.29, 0.717) is 0 Å². The number of rotatable bonds is 4. The van der Waals surface area contributed by atoms with Crippen LogP contribution in [0.4, 0.5) is 0 Å². The van der Waals surface area contributed by atoms with Crippen LogP contribution in [0.15, 0.2) is 24.3 Å². The molecule has 0 fully saturated rings. The molecule has 2 nitrogen and oxygen atoms in total. The third-order valence-electron chi connectivity index (χ3n) is 2.20. The van der Waals surface area contributed by atoms with E-state index in [9.17, 15) is 0 Å². The number of hydrogen-bond donors (Lipinski definition) is 1. The van der Waals surface area contributed by atoms with Gasteiger partial charge in [-0.15, -0.1) is 0 Å². The van der Waals surface area contributed by atoms with Crippen molar-refractivity contribution in [3.63, 3.8) is 0 Å². The molecule has 0 saturated heterocycles. The third kappa shape index (κ3) is 4.84. The number of nitrogens with one attached hydrogen (secondary N) is 1. The van der Waals surface area contributed by atoms with Gasteiger partial charge in [0, 0.05) is 5.54 Å². The lowest BCUT2D eigenvalue weighted by Crippen LogP contribution is -2.37. The van der Waals surface area contributed by atoms with E-state index in [1.807, 2.05) is 12.1 Å². The van der Waals surface area contributed by atoms with Crippen LogP contribution in [0.1, 0.15) is 26.3 Å². The Labute approximate surface area is 92.6 Å². The lowest BCUT2D eigenvalue weighted by molar-refractivity contribution is 0.413. The van der Waals surface area contributed by atoms with E-state index in [-0.39, 0.29) is 5.54 Å². The van der Waals surface area contributed by atoms with Crippen molar-refractivity contribution in [3.8, 4) is 5.75 Å². The van der Waals surface area contributed by atoms with Crippen molar-refractivity contribution in [3.05, 3.63) is 29.8 Å². The third-order valence-corrected chi connectivity index (χ3v) is 2.20. The van der Waals surface area contributed by atoms with E-state index in [1.54, 1.807) is 7.11 Å². The van der Waals surface area contributed by atoms with Crippen molar-refractivity contribution >= 4 is 0 Å². The van der Waals surface area contributed by atoms with Gasteiger partial charge in [-0.05, 0) is 51.4 Å². The first-order chi connectivity index (χ1) is 7.01. The number of hydrogen-bond acceptors (Lipinski definition) is 2. The summed E-state index contributed by atoms with van der Waals surface area (Å²) in [7, 11) is 1.70. The Balaban J connectivity index is 2.44. The van der Waals surface area contributed by atoms with Crippen molar-refractivity contribution in [1.82, 2.24) is 5.32 Å². The van der Waals surface area contributed by atoms with Gasteiger partial charge in [-0.2, -0.15) is 0 Å². The van der Waals surface area contributed by atoms with Gasteiger partial charge in [0.05, 0.1) is 7.11 Å². The van der Waals surface area contributed by atoms with E-state index < -0.39 is 0 Å². The van der Waals surface area contributed by atoms with Crippen LogP contribution < -0.4 is 10.1 Å². The second kappa shape index (κ2) is 5.17. The minimum absolute atomic E-state index is 0.193. The summed E-state index contributed by atoms with van der Waals surface area (Å²) in [6.45, 7) is 7.53. The van der Waals surface area contributed by atoms with Crippen LogP contribution in [0.3, 0.4) is 0 Å². The molecule has 0 aliphatic rings. The number of methoxy groups -OCH3 is 1. The Morgan fingerprint density at radius 3 is 2.60 bits per heavy atom. The van der Waals surface area contributed by atoms with Gasteiger partial charge < -0.3 is 10.1 Å². The van der Waals surface area contributed by atoms with Crippen LogP contribution in [0.2, 0.25) is 0 Å². The minimum Gasteiger partial charge on any atom is -0.497 e. The second-order valence-corrected chi connectivity index (χ2v) is 4.78. The molecule has 0 saturated carbocycles. The smallest absolute Gasteiger partial charge is 0.119 e. The van der Waals surface area contributed by atoms with Gasteiger partial charge in [0.15, 0.2) is 0 Å². The molecule has 0 heterocycles. The Morgan fingerprint density at radius 2 is 2.00 bits per heavy atom. The van der Waals surface area contributed by atoms with Crippen molar-refractivity contribution in [1.29, 1.82) is 0 Å². The molecule has 1 aromatic rings. The molecule has 0 spiro atoms. The zero-order valence-electron chi connectivity index (χ0n) is 10.1. The van der Waals surface area contributed by atoms with Gasteiger partial charge in [0.25, 0.3) is 0 Å². The average Bonchev–Trinajstić information content (AvgIpc) is 2.16. The molecular formula is C13H21NO. The van der Waals surface area contributed by atoms with Gasteiger partial charge >= 0.3 is 0 Å². The average molecular weight is 207 g/mol. The van der Waals surface area contributed by atoms with E-state index in [1.165, 1.54) is 5.56 Å². The van der Waals surface area contributed by atoms with E-state index >= 15 is 0 Å². The summed E-state index contributed by atoms with van der Waals surface area (Å²) in [5, 5.41) is 3.47. The zero-order valence-corrected chi connectivity index (χ0v) is 10.1. The van der Waals surface area contributed by atoms with Crippen LogP contribution in [-0.2, 0) is 6.42 Å². The van der Waals surface area contributed by atoms with Crippen LogP contribution in [-0.4, -0.2) is 19.2 Å². The topological polar surface area (TPSA) is 21.3 Å². The predicted octanol–water partition coefficient (Wildman–Crippen LogP) is 2.63. The molecule has 0 radical (unpaired) electrons. The molecule has 84 valence electrons. The summed E-state index contributed by atoms with van der Waals surface area (Å²) >= 11 is 0. The Kier molecular flexibility index (Phi) is 4.15. The fourth-order valence-corrected chi connectivity index (χ4v) is 1.41. The second-order valence-electron chi connectivity index (χ2n) is 4.78. The summed E-state index contributed by atoms with van der Waals surface area (Å²) < 4.78 is 5.18. The maximum Gasteiger partial charge on any atom is 0.119 e. The number of ether oxygens (including phenoxy) is 1. The lowest BCUT2D eigenvalue weighted by Gasteiger charge is -2.20. The maximum atomic E-state index is 5.18. The van der Waals surface area contributed by atoms with E-state index in [4.69, 9.17) is 4.74 Å². The van der Waals surface area contributed by atoms with Gasteiger partial charge in [0.1, 0.15) is 5.75 Å². The highest BCUT2D eigenvalue weighted by Crippen LogP contribution is 2.12. The van der Waals surface area contributed by atoms with Crippen LogP contribution in [0, 0.1) is 0 Å². The maximum absolute atomic E-state index is 5.18. The molecule has 1 aromatic carbocycles. The van der Waals surface area contributed by atoms with Gasteiger partial charge in [-0.1, -0.05) is 12.1 Å². The Morgan fingerprint density at radius 1 is 1.27 bits per heavy atom. The van der Waals surface area contributed by atoms with Crippen molar-refractivity contribution in [2.75, 3.05) is 13.7 Å². The van der Waals surface area contributed by atoms with Crippen LogP contribution in [0.5, 0.6) is 5.75 Å². The quantitative estimate of drug-likeness (QED) is 0.819. The summed E-state index contributed by atoms with van der Waals surface area (Å²) in [5.74, 6) is 0.934. The SMILES string of the molecule is COc1cccc(CCNC(C)(C)C)c1. The van der Waals surface area contributed by atoms with Crippen molar-refractivity contribution in [2.24, 2.45) is 0 Å². The molecule has 0 amide bonds. The number of benzene rings is 1. The molecule has 15 heavy (non-hydrogen) atoms. The molecular weight excluding hydrogens is 186 g/mol. The lowest BCUT2D eigenvalue weighted by atomic mass is 10.1. The van der Waals surface area contributed by atoms with Crippen LogP contribution >= 0.6 is 0 Å². The Bertz CT molecular complexity index is 302. The molecule has 0 unspecified atom stereocenters. The summed E-state index contributed by atoms with van der Waals surface area (Å²) in [5.41, 5.74) is 1.50. The molecule has 0 atom stereocenters. The highest BCUT2D eigenvalue weighted by atomic mass is 16.5. The molecule has 1 rings (SSSR count). The minimum atomic E-state index is 0.193. The first-order valence-electron chi connectivity index (χ1n) is 5.39. The van der Waals surface area contributed by atoms with E-state index in [0.717, 1.165) is 18.7 Å². The standard InChI is InChI=1S/C13H21NO/c1-13(2,3)14-9-8-11-6-5-7-12(10-11)15-4/h5-7,10,14H,8-9H2,1-4H3. The predicted molar refractivity (Wildman–Crippen MR) is 64.5 cm³/mol.